The molecule has 1 aliphatic rings. The fourth-order valence-corrected chi connectivity index (χ4v) is 2.34. The number of carbonyl (C=O) groups is 1. The highest BCUT2D eigenvalue weighted by Crippen LogP contribution is 2.39. The largest absolute Gasteiger partial charge is 0.369 e. The van der Waals surface area contributed by atoms with Crippen LogP contribution in [0, 0.1) is 6.92 Å². The zero-order valence-corrected chi connectivity index (χ0v) is 12.1. The lowest BCUT2D eigenvalue weighted by atomic mass is 9.82. The number of hydrogen-bond donors (Lipinski definition) is 1. The number of rotatable bonds is 3. The van der Waals surface area contributed by atoms with Gasteiger partial charge in [0.2, 0.25) is 0 Å². The maximum absolute atomic E-state index is 12.7. The molecular weight excluding hydrogens is 250 g/mol. The molecule has 20 heavy (non-hydrogen) atoms. The first-order chi connectivity index (χ1) is 9.43. The van der Waals surface area contributed by atoms with Crippen molar-refractivity contribution >= 4 is 11.9 Å². The van der Waals surface area contributed by atoms with E-state index in [0.717, 1.165) is 11.1 Å². The van der Waals surface area contributed by atoms with Gasteiger partial charge in [0.25, 0.3) is 5.91 Å². The molecule has 4 nitrogen and oxygen atoms in total. The number of nitrogens with zero attached hydrogens (tertiary/aromatic N) is 2. The number of hydrogen-bond acceptors (Lipinski definition) is 3. The zero-order valence-electron chi connectivity index (χ0n) is 12.1. The van der Waals surface area contributed by atoms with Crippen LogP contribution >= 0.6 is 0 Å². The molecule has 0 aliphatic carbocycles. The summed E-state index contributed by atoms with van der Waals surface area (Å²) in [5.41, 5.74) is 7.21. The normalized spacial score (nSPS) is 22.4. The molecule has 0 saturated carbocycles. The highest BCUT2D eigenvalue weighted by atomic mass is 16.2. The van der Waals surface area contributed by atoms with Crippen molar-refractivity contribution in [1.29, 1.82) is 0 Å². The van der Waals surface area contributed by atoms with E-state index in [4.69, 9.17) is 5.73 Å². The average molecular weight is 269 g/mol. The Morgan fingerprint density at radius 2 is 2.00 bits per heavy atom. The third kappa shape index (κ3) is 1.93. The Labute approximate surface area is 119 Å². The minimum atomic E-state index is -1.14. The molecule has 4 heteroatoms. The summed E-state index contributed by atoms with van der Waals surface area (Å²) < 4.78 is 0. The van der Waals surface area contributed by atoms with Gasteiger partial charge in [-0.15, -0.1) is 0 Å². The Bertz CT molecular complexity index is 613. The molecule has 1 aromatic rings. The van der Waals surface area contributed by atoms with Gasteiger partial charge in [0.05, 0.1) is 0 Å². The van der Waals surface area contributed by atoms with E-state index in [0.29, 0.717) is 5.57 Å². The van der Waals surface area contributed by atoms with E-state index in [1.807, 2.05) is 44.2 Å². The van der Waals surface area contributed by atoms with Crippen LogP contribution in [-0.2, 0) is 10.3 Å². The van der Waals surface area contributed by atoms with Crippen molar-refractivity contribution in [3.63, 3.8) is 0 Å². The van der Waals surface area contributed by atoms with Crippen LogP contribution in [0.15, 0.2) is 53.6 Å². The van der Waals surface area contributed by atoms with Crippen LogP contribution in [-0.4, -0.2) is 23.8 Å². The predicted molar refractivity (Wildman–Crippen MR) is 81.2 cm³/mol. The van der Waals surface area contributed by atoms with E-state index in [1.54, 1.807) is 13.1 Å². The molecule has 1 aromatic carbocycles. The number of nitrogens with two attached hydrogens (primary N) is 1. The van der Waals surface area contributed by atoms with E-state index in [2.05, 4.69) is 11.6 Å². The minimum absolute atomic E-state index is 0.179. The van der Waals surface area contributed by atoms with Gasteiger partial charge < -0.3 is 5.73 Å². The number of allylic oxidation sites excluding steroid dienone is 1. The Morgan fingerprint density at radius 1 is 1.40 bits per heavy atom. The third-order valence-electron chi connectivity index (χ3n) is 3.54. The summed E-state index contributed by atoms with van der Waals surface area (Å²) in [6.45, 7) is 7.90. The topological polar surface area (TPSA) is 58.7 Å². The Kier molecular flexibility index (Phi) is 3.49. The maximum Gasteiger partial charge on any atom is 0.266 e. The number of aryl methyl sites for hydroxylation is 1. The van der Waals surface area contributed by atoms with Crippen LogP contribution < -0.4 is 5.73 Å². The van der Waals surface area contributed by atoms with Crippen LogP contribution in [0.4, 0.5) is 0 Å². The Balaban J connectivity index is 2.66. The summed E-state index contributed by atoms with van der Waals surface area (Å²) in [4.78, 5) is 18.5. The molecule has 0 spiro atoms. The van der Waals surface area contributed by atoms with Crippen LogP contribution in [0.5, 0.6) is 0 Å². The highest BCUT2D eigenvalue weighted by Gasteiger charge is 2.49. The molecule has 1 heterocycles. The first-order valence-corrected chi connectivity index (χ1v) is 6.46. The lowest BCUT2D eigenvalue weighted by molar-refractivity contribution is -0.129. The maximum atomic E-state index is 12.7. The van der Waals surface area contributed by atoms with Crippen molar-refractivity contribution in [1.82, 2.24) is 4.90 Å². The summed E-state index contributed by atoms with van der Waals surface area (Å²) in [5, 5.41) is 0. The fourth-order valence-electron chi connectivity index (χ4n) is 2.34. The van der Waals surface area contributed by atoms with Crippen molar-refractivity contribution in [2.24, 2.45) is 10.7 Å². The van der Waals surface area contributed by atoms with Crippen molar-refractivity contribution in [3.8, 4) is 0 Å². The molecule has 1 atom stereocenters. The summed E-state index contributed by atoms with van der Waals surface area (Å²) >= 11 is 0. The Hall–Kier alpha value is -2.36. The molecule has 104 valence electrons. The minimum Gasteiger partial charge on any atom is -0.369 e. The molecule has 0 fully saturated rings. The Morgan fingerprint density at radius 3 is 2.45 bits per heavy atom. The summed E-state index contributed by atoms with van der Waals surface area (Å²) in [6.07, 6.45) is 3.64. The molecule has 1 amide bonds. The van der Waals surface area contributed by atoms with Crippen molar-refractivity contribution in [2.45, 2.75) is 19.4 Å². The van der Waals surface area contributed by atoms with E-state index in [1.165, 1.54) is 4.90 Å². The number of likely N-dealkylation sites (N-methyl/N-ethyl adjacent to an activating group) is 1. The van der Waals surface area contributed by atoms with Gasteiger partial charge in [-0.1, -0.05) is 48.6 Å². The number of benzene rings is 1. The number of guanidine groups is 1. The van der Waals surface area contributed by atoms with Crippen LogP contribution in [0.3, 0.4) is 0 Å². The molecule has 0 unspecified atom stereocenters. The number of aliphatic imine (C=N–C) groups is 1. The van der Waals surface area contributed by atoms with Gasteiger partial charge in [0.1, 0.15) is 0 Å². The SMILES string of the molecule is C=C(/C=C\C)[C@@]1(c2ccc(C)cc2)N=C(N)N(C)C1=O. The van der Waals surface area contributed by atoms with Gasteiger partial charge in [-0.25, -0.2) is 4.99 Å². The second-order valence-electron chi connectivity index (χ2n) is 4.94. The van der Waals surface area contributed by atoms with Crippen LogP contribution in [0.25, 0.3) is 0 Å². The number of carbonyl (C=O) groups excluding carboxylic acids is 1. The summed E-state index contributed by atoms with van der Waals surface area (Å²) in [5.74, 6) is 0.0307. The van der Waals surface area contributed by atoms with E-state index >= 15 is 0 Å². The van der Waals surface area contributed by atoms with Crippen LogP contribution in [0.2, 0.25) is 0 Å². The molecule has 0 aromatic heterocycles. The summed E-state index contributed by atoms with van der Waals surface area (Å²) in [6, 6.07) is 7.71. The van der Waals surface area contributed by atoms with E-state index in [-0.39, 0.29) is 11.9 Å². The van der Waals surface area contributed by atoms with E-state index < -0.39 is 5.54 Å². The first kappa shape index (κ1) is 14.1. The smallest absolute Gasteiger partial charge is 0.266 e. The second-order valence-corrected chi connectivity index (χ2v) is 4.94. The van der Waals surface area contributed by atoms with Gasteiger partial charge in [0, 0.05) is 7.05 Å². The van der Waals surface area contributed by atoms with E-state index in [9.17, 15) is 4.79 Å². The van der Waals surface area contributed by atoms with Crippen molar-refractivity contribution in [3.05, 3.63) is 59.7 Å². The van der Waals surface area contributed by atoms with Gasteiger partial charge in [0.15, 0.2) is 11.5 Å². The molecule has 0 radical (unpaired) electrons. The lowest BCUT2D eigenvalue weighted by Crippen LogP contribution is -2.41. The number of amides is 1. The molecule has 1 aliphatic heterocycles. The molecule has 0 saturated heterocycles. The predicted octanol–water partition coefficient (Wildman–Crippen LogP) is 2.11. The highest BCUT2D eigenvalue weighted by molar-refractivity contribution is 6.09. The van der Waals surface area contributed by atoms with Gasteiger partial charge in [-0.2, -0.15) is 0 Å². The lowest BCUT2D eigenvalue weighted by Gasteiger charge is -2.26. The molecule has 0 bridgehead atoms. The molecular formula is C16H19N3O. The first-order valence-electron chi connectivity index (χ1n) is 6.46. The third-order valence-corrected chi connectivity index (χ3v) is 3.54. The zero-order chi connectivity index (χ0) is 14.9. The van der Waals surface area contributed by atoms with Gasteiger partial charge >= 0.3 is 0 Å². The summed E-state index contributed by atoms with van der Waals surface area (Å²) in [7, 11) is 1.63. The van der Waals surface area contributed by atoms with Crippen molar-refractivity contribution in [2.75, 3.05) is 7.05 Å². The molecule has 2 N–H and O–H groups in total. The van der Waals surface area contributed by atoms with Crippen molar-refractivity contribution < 1.29 is 4.79 Å². The second kappa shape index (κ2) is 4.96. The quantitative estimate of drug-likeness (QED) is 0.854. The fraction of sp³-hybridized carbons (Fsp3) is 0.250. The standard InChI is InChI=1S/C16H19N3O/c1-5-6-12(3)16(13-9-7-11(2)8-10-13)14(20)19(4)15(17)18-16/h5-10H,3H2,1-2,4H3,(H2,17,18)/b6-5-/t16-/m0/s1. The van der Waals surface area contributed by atoms with Gasteiger partial charge in [-0.3, -0.25) is 9.69 Å². The monoisotopic (exact) mass is 269 g/mol. The van der Waals surface area contributed by atoms with Crippen LogP contribution in [0.1, 0.15) is 18.1 Å². The molecule has 2 rings (SSSR count). The van der Waals surface area contributed by atoms with Gasteiger partial charge in [-0.05, 0) is 25.0 Å². The average Bonchev–Trinajstić information content (AvgIpc) is 2.65.